The van der Waals surface area contributed by atoms with E-state index in [0.29, 0.717) is 13.2 Å². The number of alkyl carbamates (subject to hydrolysis) is 1. The molecule has 0 atom stereocenters. The number of carbonyl (C=O) groups excluding carboxylic acids is 1. The number of ether oxygens (including phenoxy) is 1. The number of benzene rings is 1. The van der Waals surface area contributed by atoms with Crippen LogP contribution in [-0.2, 0) is 11.2 Å². The molecular formula is C12H14N2O3. The molecule has 1 N–H and O–H groups in total. The predicted molar refractivity (Wildman–Crippen MR) is 62.7 cm³/mol. The van der Waals surface area contributed by atoms with E-state index < -0.39 is 0 Å². The number of hydrogen-bond acceptors (Lipinski definition) is 4. The molecule has 5 nitrogen and oxygen atoms in total. The van der Waals surface area contributed by atoms with E-state index in [-0.39, 0.29) is 6.09 Å². The van der Waals surface area contributed by atoms with E-state index in [9.17, 15) is 4.79 Å². The van der Waals surface area contributed by atoms with Crippen molar-refractivity contribution >= 4 is 17.2 Å². The Hall–Kier alpha value is -2.04. The van der Waals surface area contributed by atoms with E-state index in [2.05, 4.69) is 10.3 Å². The van der Waals surface area contributed by atoms with Crippen molar-refractivity contribution in [3.8, 4) is 0 Å². The Morgan fingerprint density at radius 1 is 1.53 bits per heavy atom. The molecule has 0 fully saturated rings. The normalized spacial score (nSPS) is 10.4. The lowest BCUT2D eigenvalue weighted by Crippen LogP contribution is -2.26. The van der Waals surface area contributed by atoms with Crippen LogP contribution in [0, 0.1) is 0 Å². The topological polar surface area (TPSA) is 64.4 Å². The summed E-state index contributed by atoms with van der Waals surface area (Å²) in [6, 6.07) is 5.80. The minimum atomic E-state index is -0.381. The largest absolute Gasteiger partial charge is 0.450 e. The monoisotopic (exact) mass is 234 g/mol. The second-order valence-corrected chi connectivity index (χ2v) is 3.55. The van der Waals surface area contributed by atoms with Crippen LogP contribution in [0.3, 0.4) is 0 Å². The van der Waals surface area contributed by atoms with Gasteiger partial charge >= 0.3 is 6.09 Å². The van der Waals surface area contributed by atoms with E-state index >= 15 is 0 Å². The highest BCUT2D eigenvalue weighted by Gasteiger charge is 2.02. The molecule has 90 valence electrons. The standard InChI is InChI=1S/C12H14N2O3/c1-2-16-12(15)13-6-5-9-3-4-10-11(7-9)17-8-14-10/h3-4,7-8H,2,5-6H2,1H3,(H,13,15). The lowest BCUT2D eigenvalue weighted by atomic mass is 10.1. The summed E-state index contributed by atoms with van der Waals surface area (Å²) in [6.45, 7) is 2.70. The van der Waals surface area contributed by atoms with Crippen LogP contribution in [0.25, 0.3) is 11.1 Å². The first-order valence-corrected chi connectivity index (χ1v) is 5.52. The van der Waals surface area contributed by atoms with Gasteiger partial charge in [0.1, 0.15) is 5.52 Å². The van der Waals surface area contributed by atoms with Crippen molar-refractivity contribution in [2.24, 2.45) is 0 Å². The summed E-state index contributed by atoms with van der Waals surface area (Å²) < 4.78 is 9.96. The van der Waals surface area contributed by atoms with Gasteiger partial charge < -0.3 is 14.5 Å². The van der Waals surface area contributed by atoms with Gasteiger partial charge in [-0.2, -0.15) is 0 Å². The van der Waals surface area contributed by atoms with Crippen LogP contribution in [-0.4, -0.2) is 24.2 Å². The molecule has 1 aromatic carbocycles. The Morgan fingerprint density at radius 2 is 2.41 bits per heavy atom. The van der Waals surface area contributed by atoms with Gasteiger partial charge in [-0.1, -0.05) is 6.07 Å². The minimum absolute atomic E-state index is 0.381. The maximum Gasteiger partial charge on any atom is 0.407 e. The summed E-state index contributed by atoms with van der Waals surface area (Å²) in [7, 11) is 0. The van der Waals surface area contributed by atoms with Crippen molar-refractivity contribution in [3.63, 3.8) is 0 Å². The van der Waals surface area contributed by atoms with Crippen LogP contribution in [0.5, 0.6) is 0 Å². The van der Waals surface area contributed by atoms with Gasteiger partial charge in [0.2, 0.25) is 0 Å². The first-order valence-electron chi connectivity index (χ1n) is 5.52. The summed E-state index contributed by atoms with van der Waals surface area (Å²) in [6.07, 6.45) is 1.77. The molecule has 1 amide bonds. The molecule has 0 aliphatic carbocycles. The summed E-state index contributed by atoms with van der Waals surface area (Å²) in [5.74, 6) is 0. The molecule has 0 aliphatic rings. The quantitative estimate of drug-likeness (QED) is 0.880. The van der Waals surface area contributed by atoms with Gasteiger partial charge in [-0.05, 0) is 31.0 Å². The maximum absolute atomic E-state index is 11.0. The number of carbonyl (C=O) groups is 1. The van der Waals surface area contributed by atoms with Crippen LogP contribution in [0.4, 0.5) is 4.79 Å². The second kappa shape index (κ2) is 5.34. The Morgan fingerprint density at radius 3 is 3.24 bits per heavy atom. The molecule has 17 heavy (non-hydrogen) atoms. The Kier molecular flexibility index (Phi) is 3.59. The molecule has 0 bridgehead atoms. The Bertz CT molecular complexity index is 507. The first kappa shape index (κ1) is 11.4. The van der Waals surface area contributed by atoms with E-state index in [1.165, 1.54) is 6.39 Å². The third kappa shape index (κ3) is 2.96. The summed E-state index contributed by atoms with van der Waals surface area (Å²) in [5, 5.41) is 2.67. The summed E-state index contributed by atoms with van der Waals surface area (Å²) in [4.78, 5) is 15.1. The molecule has 1 heterocycles. The van der Waals surface area contributed by atoms with Crippen LogP contribution < -0.4 is 5.32 Å². The van der Waals surface area contributed by atoms with Crippen LogP contribution >= 0.6 is 0 Å². The van der Waals surface area contributed by atoms with Gasteiger partial charge in [-0.25, -0.2) is 9.78 Å². The van der Waals surface area contributed by atoms with E-state index in [4.69, 9.17) is 9.15 Å². The van der Waals surface area contributed by atoms with Crippen molar-refractivity contribution in [2.75, 3.05) is 13.2 Å². The van der Waals surface area contributed by atoms with Gasteiger partial charge in [0.25, 0.3) is 0 Å². The summed E-state index contributed by atoms with van der Waals surface area (Å²) >= 11 is 0. The van der Waals surface area contributed by atoms with E-state index in [1.807, 2.05) is 18.2 Å². The molecule has 0 saturated carbocycles. The molecule has 2 rings (SSSR count). The number of oxazole rings is 1. The molecule has 0 aliphatic heterocycles. The summed E-state index contributed by atoms with van der Waals surface area (Å²) in [5.41, 5.74) is 2.69. The Labute approximate surface area is 98.8 Å². The average molecular weight is 234 g/mol. The molecule has 5 heteroatoms. The Balaban J connectivity index is 1.88. The molecular weight excluding hydrogens is 220 g/mol. The van der Waals surface area contributed by atoms with Crippen molar-refractivity contribution in [3.05, 3.63) is 30.2 Å². The highest BCUT2D eigenvalue weighted by Crippen LogP contribution is 2.14. The second-order valence-electron chi connectivity index (χ2n) is 3.55. The minimum Gasteiger partial charge on any atom is -0.450 e. The van der Waals surface area contributed by atoms with Gasteiger partial charge in [0.15, 0.2) is 12.0 Å². The number of amides is 1. The number of aromatic nitrogens is 1. The lowest BCUT2D eigenvalue weighted by molar-refractivity contribution is 0.152. The van der Waals surface area contributed by atoms with Gasteiger partial charge in [-0.15, -0.1) is 0 Å². The van der Waals surface area contributed by atoms with Crippen LogP contribution in [0.1, 0.15) is 12.5 Å². The molecule has 2 aromatic rings. The van der Waals surface area contributed by atoms with Gasteiger partial charge in [0, 0.05) is 6.54 Å². The fourth-order valence-corrected chi connectivity index (χ4v) is 1.55. The zero-order valence-corrected chi connectivity index (χ0v) is 9.60. The van der Waals surface area contributed by atoms with Crippen molar-refractivity contribution in [2.45, 2.75) is 13.3 Å². The highest BCUT2D eigenvalue weighted by molar-refractivity contribution is 5.72. The third-order valence-electron chi connectivity index (χ3n) is 2.35. The number of nitrogens with one attached hydrogen (secondary N) is 1. The molecule has 1 aromatic heterocycles. The SMILES string of the molecule is CCOC(=O)NCCc1ccc2ncoc2c1. The maximum atomic E-state index is 11.0. The van der Waals surface area contributed by atoms with E-state index in [1.54, 1.807) is 6.92 Å². The van der Waals surface area contributed by atoms with Gasteiger partial charge in [0.05, 0.1) is 6.61 Å². The molecule has 0 saturated heterocycles. The number of nitrogens with zero attached hydrogens (tertiary/aromatic N) is 1. The molecule has 0 spiro atoms. The number of fused-ring (bicyclic) bond motifs is 1. The smallest absolute Gasteiger partial charge is 0.407 e. The molecule has 0 radical (unpaired) electrons. The zero-order valence-electron chi connectivity index (χ0n) is 9.60. The first-order chi connectivity index (χ1) is 8.29. The average Bonchev–Trinajstić information content (AvgIpc) is 2.76. The fourth-order valence-electron chi connectivity index (χ4n) is 1.55. The van der Waals surface area contributed by atoms with Crippen LogP contribution in [0.2, 0.25) is 0 Å². The predicted octanol–water partition coefficient (Wildman–Crippen LogP) is 2.12. The zero-order chi connectivity index (χ0) is 12.1. The van der Waals surface area contributed by atoms with E-state index in [0.717, 1.165) is 23.1 Å². The van der Waals surface area contributed by atoms with Crippen molar-refractivity contribution < 1.29 is 13.9 Å². The fraction of sp³-hybridized carbons (Fsp3) is 0.333. The van der Waals surface area contributed by atoms with Crippen molar-refractivity contribution in [1.82, 2.24) is 10.3 Å². The van der Waals surface area contributed by atoms with Crippen LogP contribution in [0.15, 0.2) is 29.0 Å². The third-order valence-corrected chi connectivity index (χ3v) is 2.35. The number of rotatable bonds is 4. The highest BCUT2D eigenvalue weighted by atomic mass is 16.5. The van der Waals surface area contributed by atoms with Gasteiger partial charge in [-0.3, -0.25) is 0 Å². The number of hydrogen-bond donors (Lipinski definition) is 1. The van der Waals surface area contributed by atoms with Crippen molar-refractivity contribution in [1.29, 1.82) is 0 Å². The lowest BCUT2D eigenvalue weighted by Gasteiger charge is -2.04. The molecule has 0 unspecified atom stereocenters.